The fourth-order valence-corrected chi connectivity index (χ4v) is 3.69. The van der Waals surface area contributed by atoms with Crippen molar-refractivity contribution in [1.82, 2.24) is 14.7 Å². The Balaban J connectivity index is 0.00000264. The predicted octanol–water partition coefficient (Wildman–Crippen LogP) is 1.39. The number of carbonyl (C=O) groups is 2. The Morgan fingerprint density at radius 1 is 1.04 bits per heavy atom. The van der Waals surface area contributed by atoms with Gasteiger partial charge in [-0.15, -0.1) is 12.4 Å². The van der Waals surface area contributed by atoms with Crippen LogP contribution in [0.3, 0.4) is 0 Å². The minimum absolute atomic E-state index is 0. The lowest BCUT2D eigenvalue weighted by Crippen LogP contribution is -2.55. The summed E-state index contributed by atoms with van der Waals surface area (Å²) in [4.78, 5) is 30.6. The van der Waals surface area contributed by atoms with E-state index in [4.69, 9.17) is 5.73 Å². The van der Waals surface area contributed by atoms with Gasteiger partial charge in [-0.25, -0.2) is 4.79 Å². The molecule has 1 aliphatic carbocycles. The molecule has 2 N–H and O–H groups in total. The summed E-state index contributed by atoms with van der Waals surface area (Å²) >= 11 is 0. The maximum Gasteiger partial charge on any atom is 0.320 e. The molecule has 7 heteroatoms. The average Bonchev–Trinajstić information content (AvgIpc) is 3.04. The summed E-state index contributed by atoms with van der Waals surface area (Å²) in [6.45, 7) is 8.64. The molecule has 1 saturated carbocycles. The molecular formula is C16H31ClN4O2. The predicted molar refractivity (Wildman–Crippen MR) is 93.6 cm³/mol. The Kier molecular flexibility index (Phi) is 8.12. The molecule has 1 heterocycles. The molecule has 2 aliphatic rings. The molecule has 6 nitrogen and oxygen atoms in total. The highest BCUT2D eigenvalue weighted by molar-refractivity contribution is 5.85. The minimum atomic E-state index is 0. The van der Waals surface area contributed by atoms with Crippen molar-refractivity contribution in [1.29, 1.82) is 0 Å². The normalized spacial score (nSPS) is 24.3. The molecule has 0 radical (unpaired) electrons. The van der Waals surface area contributed by atoms with Crippen molar-refractivity contribution in [3.63, 3.8) is 0 Å². The maximum absolute atomic E-state index is 12.6. The maximum atomic E-state index is 12.6. The number of piperazine rings is 1. The first-order valence-electron chi connectivity index (χ1n) is 8.65. The number of urea groups is 1. The quantitative estimate of drug-likeness (QED) is 0.836. The van der Waals surface area contributed by atoms with E-state index in [1.807, 2.05) is 28.5 Å². The van der Waals surface area contributed by atoms with E-state index in [9.17, 15) is 9.59 Å². The minimum Gasteiger partial charge on any atom is -0.339 e. The number of hydrogen-bond acceptors (Lipinski definition) is 3. The number of rotatable bonds is 4. The van der Waals surface area contributed by atoms with Crippen molar-refractivity contribution in [2.24, 2.45) is 17.6 Å². The van der Waals surface area contributed by atoms with Crippen LogP contribution in [-0.2, 0) is 4.79 Å². The highest BCUT2D eigenvalue weighted by Gasteiger charge is 2.36. The molecule has 0 unspecified atom stereocenters. The molecule has 0 aromatic carbocycles. The summed E-state index contributed by atoms with van der Waals surface area (Å²) in [5, 5.41) is 0. The third kappa shape index (κ3) is 4.51. The van der Waals surface area contributed by atoms with E-state index in [-0.39, 0.29) is 30.3 Å². The van der Waals surface area contributed by atoms with Crippen molar-refractivity contribution in [2.45, 2.75) is 33.1 Å². The molecule has 23 heavy (non-hydrogen) atoms. The molecular weight excluding hydrogens is 316 g/mol. The fourth-order valence-electron chi connectivity index (χ4n) is 3.69. The van der Waals surface area contributed by atoms with Gasteiger partial charge in [0.25, 0.3) is 0 Å². The number of nitrogens with zero attached hydrogens (tertiary/aromatic N) is 3. The van der Waals surface area contributed by atoms with E-state index >= 15 is 0 Å². The molecule has 2 rings (SSSR count). The molecule has 1 saturated heterocycles. The standard InChI is InChI=1S/C16H30N4O2.ClH/c1-3-18(4-2)16(22)20-10-8-19(9-11-20)15(21)14-7-5-6-13(14)12-17;/h13-14H,3-12,17H2,1-2H3;1H/t13-,14-;/m1./s1. The molecule has 1 aliphatic heterocycles. The molecule has 3 amide bonds. The van der Waals surface area contributed by atoms with E-state index in [0.29, 0.717) is 38.6 Å². The van der Waals surface area contributed by atoms with Crippen LogP contribution < -0.4 is 5.73 Å². The summed E-state index contributed by atoms with van der Waals surface area (Å²) < 4.78 is 0. The van der Waals surface area contributed by atoms with Crippen molar-refractivity contribution < 1.29 is 9.59 Å². The first kappa shape index (κ1) is 20.0. The Morgan fingerprint density at radius 2 is 1.61 bits per heavy atom. The Morgan fingerprint density at radius 3 is 2.13 bits per heavy atom. The van der Waals surface area contributed by atoms with E-state index < -0.39 is 0 Å². The molecule has 0 bridgehead atoms. The first-order valence-corrected chi connectivity index (χ1v) is 8.65. The van der Waals surface area contributed by atoms with Gasteiger partial charge in [0, 0.05) is 45.2 Å². The smallest absolute Gasteiger partial charge is 0.320 e. The SMILES string of the molecule is CCN(CC)C(=O)N1CCN(C(=O)[C@@H]2CCC[C@@H]2CN)CC1.Cl. The van der Waals surface area contributed by atoms with Crippen LogP contribution in [0.25, 0.3) is 0 Å². The van der Waals surface area contributed by atoms with Gasteiger partial charge in [-0.05, 0) is 39.2 Å². The zero-order chi connectivity index (χ0) is 16.1. The van der Waals surface area contributed by atoms with Crippen LogP contribution >= 0.6 is 12.4 Å². The zero-order valence-corrected chi connectivity index (χ0v) is 15.2. The second-order valence-corrected chi connectivity index (χ2v) is 6.30. The third-order valence-corrected chi connectivity index (χ3v) is 5.17. The Bertz CT molecular complexity index is 396. The van der Waals surface area contributed by atoms with Crippen molar-refractivity contribution in [3.8, 4) is 0 Å². The van der Waals surface area contributed by atoms with Crippen molar-refractivity contribution in [3.05, 3.63) is 0 Å². The highest BCUT2D eigenvalue weighted by atomic mass is 35.5. The number of hydrogen-bond donors (Lipinski definition) is 1. The third-order valence-electron chi connectivity index (χ3n) is 5.17. The van der Waals surface area contributed by atoms with Gasteiger partial charge in [0.1, 0.15) is 0 Å². The van der Waals surface area contributed by atoms with Gasteiger partial charge in [0.05, 0.1) is 0 Å². The molecule has 2 fully saturated rings. The highest BCUT2D eigenvalue weighted by Crippen LogP contribution is 2.32. The van der Waals surface area contributed by atoms with Gasteiger partial charge in [-0.3, -0.25) is 4.79 Å². The molecule has 0 spiro atoms. The average molecular weight is 347 g/mol. The van der Waals surface area contributed by atoms with Gasteiger partial charge < -0.3 is 20.4 Å². The number of nitrogens with two attached hydrogens (primary N) is 1. The number of halogens is 1. The molecule has 0 aromatic heterocycles. The second-order valence-electron chi connectivity index (χ2n) is 6.30. The summed E-state index contributed by atoms with van der Waals surface area (Å²) in [5.41, 5.74) is 5.79. The first-order chi connectivity index (χ1) is 10.6. The van der Waals surface area contributed by atoms with Crippen molar-refractivity contribution in [2.75, 3.05) is 45.8 Å². The van der Waals surface area contributed by atoms with E-state index in [1.165, 1.54) is 0 Å². The molecule has 134 valence electrons. The molecule has 2 atom stereocenters. The van der Waals surface area contributed by atoms with Gasteiger partial charge in [-0.1, -0.05) is 6.42 Å². The topological polar surface area (TPSA) is 69.9 Å². The Hall–Kier alpha value is -1.01. The van der Waals surface area contributed by atoms with Crippen LogP contribution in [0.5, 0.6) is 0 Å². The van der Waals surface area contributed by atoms with Crippen LogP contribution in [0.2, 0.25) is 0 Å². The van der Waals surface area contributed by atoms with E-state index in [1.54, 1.807) is 0 Å². The Labute approximate surface area is 145 Å². The van der Waals surface area contributed by atoms with Crippen LogP contribution in [0, 0.1) is 11.8 Å². The lowest BCUT2D eigenvalue weighted by molar-refractivity contribution is -0.138. The van der Waals surface area contributed by atoms with Crippen LogP contribution in [0.15, 0.2) is 0 Å². The second kappa shape index (κ2) is 9.33. The van der Waals surface area contributed by atoms with Gasteiger partial charge in [0.15, 0.2) is 0 Å². The fraction of sp³-hybridized carbons (Fsp3) is 0.875. The van der Waals surface area contributed by atoms with Gasteiger partial charge in [0.2, 0.25) is 5.91 Å². The zero-order valence-electron chi connectivity index (χ0n) is 14.4. The van der Waals surface area contributed by atoms with Crippen molar-refractivity contribution >= 4 is 24.3 Å². The number of carbonyl (C=O) groups excluding carboxylic acids is 2. The lowest BCUT2D eigenvalue weighted by atomic mass is 9.94. The number of amides is 3. The van der Waals surface area contributed by atoms with Crippen LogP contribution in [0.4, 0.5) is 4.79 Å². The summed E-state index contributed by atoms with van der Waals surface area (Å²) in [6, 6.07) is 0.0952. The van der Waals surface area contributed by atoms with E-state index in [0.717, 1.165) is 32.4 Å². The summed E-state index contributed by atoms with van der Waals surface area (Å²) in [6.07, 6.45) is 3.16. The van der Waals surface area contributed by atoms with Crippen LogP contribution in [-0.4, -0.2) is 72.5 Å². The lowest BCUT2D eigenvalue weighted by Gasteiger charge is -2.38. The summed E-state index contributed by atoms with van der Waals surface area (Å²) in [7, 11) is 0. The van der Waals surface area contributed by atoms with Gasteiger partial charge >= 0.3 is 6.03 Å². The monoisotopic (exact) mass is 346 g/mol. The van der Waals surface area contributed by atoms with E-state index in [2.05, 4.69) is 0 Å². The van der Waals surface area contributed by atoms with Gasteiger partial charge in [-0.2, -0.15) is 0 Å². The van der Waals surface area contributed by atoms with Crippen LogP contribution in [0.1, 0.15) is 33.1 Å². The molecule has 0 aromatic rings. The summed E-state index contributed by atoms with van der Waals surface area (Å²) in [5.74, 6) is 0.709. The largest absolute Gasteiger partial charge is 0.339 e.